The fourth-order valence-electron chi connectivity index (χ4n) is 4.94. The van der Waals surface area contributed by atoms with Crippen molar-refractivity contribution in [2.45, 2.75) is 57.4 Å². The number of nitrogens with zero attached hydrogens (tertiary/aromatic N) is 5. The molecule has 0 bridgehead atoms. The van der Waals surface area contributed by atoms with Gasteiger partial charge in [0.2, 0.25) is 5.91 Å². The summed E-state index contributed by atoms with van der Waals surface area (Å²) < 4.78 is 23.1. The van der Waals surface area contributed by atoms with E-state index < -0.39 is 15.4 Å². The van der Waals surface area contributed by atoms with Gasteiger partial charge >= 0.3 is 0 Å². The van der Waals surface area contributed by atoms with Crippen LogP contribution in [0.15, 0.2) is 42.9 Å². The zero-order chi connectivity index (χ0) is 28.2. The van der Waals surface area contributed by atoms with Crippen molar-refractivity contribution in [3.63, 3.8) is 0 Å². The number of aromatic nitrogens is 3. The lowest BCUT2D eigenvalue weighted by Gasteiger charge is -2.28. The number of aryl methyl sites for hydroxylation is 1. The molecule has 0 radical (unpaired) electrons. The SMILES string of the molecule is Cc1ncc(-c2ncc(-c3ccc(N4CCS(=O)(=O)CC4)cc3)s2)cn1.N#CC1(NC(=O)C2CCCCC2)CC1.[HH]. The third-order valence-electron chi connectivity index (χ3n) is 7.70. The Labute approximate surface area is 241 Å². The summed E-state index contributed by atoms with van der Waals surface area (Å²) in [4.78, 5) is 27.9. The molecule has 3 aliphatic rings. The predicted octanol–water partition coefficient (Wildman–Crippen LogP) is 4.80. The Kier molecular flexibility index (Phi) is 8.47. The standard InChI is InChI=1S/C18H18N4O2S2.C11H16N2O.H2/c1-13-19-10-15(11-20-13)18-21-12-17(25-18)14-2-4-16(5-3-14)22-6-8-26(23,24)9-7-22;12-8-11(6-7-11)13-10(14)9-4-2-1-3-5-9;/h2-5,10-12H,6-9H2,1H3;9H,1-7H2,(H,13,14);1H. The molecule has 3 aromatic rings. The van der Waals surface area contributed by atoms with Gasteiger partial charge in [-0.1, -0.05) is 31.4 Å². The van der Waals surface area contributed by atoms with Gasteiger partial charge in [0, 0.05) is 50.3 Å². The van der Waals surface area contributed by atoms with Gasteiger partial charge in [-0.25, -0.2) is 23.4 Å². The van der Waals surface area contributed by atoms with Gasteiger partial charge in [0.25, 0.3) is 0 Å². The number of rotatable bonds is 5. The van der Waals surface area contributed by atoms with Crippen LogP contribution in [0.1, 0.15) is 52.2 Å². The summed E-state index contributed by atoms with van der Waals surface area (Å²) in [7, 11) is -2.86. The number of nitrogens with one attached hydrogen (secondary N) is 1. The van der Waals surface area contributed by atoms with Crippen molar-refractivity contribution >= 4 is 32.8 Å². The van der Waals surface area contributed by atoms with Crippen molar-refractivity contribution in [1.82, 2.24) is 20.3 Å². The largest absolute Gasteiger partial charge is 0.369 e. The van der Waals surface area contributed by atoms with Crippen molar-refractivity contribution in [3.05, 3.63) is 48.7 Å². The van der Waals surface area contributed by atoms with Crippen molar-refractivity contribution in [2.24, 2.45) is 5.92 Å². The first-order chi connectivity index (χ1) is 19.3. The van der Waals surface area contributed by atoms with E-state index in [9.17, 15) is 13.2 Å². The molecule has 9 nitrogen and oxygen atoms in total. The van der Waals surface area contributed by atoms with E-state index in [4.69, 9.17) is 5.26 Å². The second-order valence-electron chi connectivity index (χ2n) is 10.8. The van der Waals surface area contributed by atoms with Gasteiger partial charge < -0.3 is 10.2 Å². The summed E-state index contributed by atoms with van der Waals surface area (Å²) in [6, 6.07) is 10.4. The maximum absolute atomic E-state index is 11.8. The van der Waals surface area contributed by atoms with Crippen LogP contribution in [0.4, 0.5) is 5.69 Å². The third-order valence-corrected chi connectivity index (χ3v) is 10.4. The number of thiazole rings is 1. The highest BCUT2D eigenvalue weighted by molar-refractivity contribution is 7.91. The third kappa shape index (κ3) is 7.04. The molecule has 6 rings (SSSR count). The van der Waals surface area contributed by atoms with E-state index in [-0.39, 0.29) is 24.8 Å². The lowest BCUT2D eigenvalue weighted by atomic mass is 9.88. The molecular formula is C29H36N6O3S2. The molecule has 11 heteroatoms. The van der Waals surface area contributed by atoms with Crippen LogP contribution in [0.2, 0.25) is 0 Å². The highest BCUT2D eigenvalue weighted by Gasteiger charge is 2.45. The van der Waals surface area contributed by atoms with Gasteiger partial charge in [-0.05, 0) is 50.3 Å². The Morgan fingerprint density at radius 2 is 1.68 bits per heavy atom. The summed E-state index contributed by atoms with van der Waals surface area (Å²) in [6.45, 7) is 2.97. The van der Waals surface area contributed by atoms with Crippen molar-refractivity contribution in [1.29, 1.82) is 5.26 Å². The minimum Gasteiger partial charge on any atom is -0.369 e. The monoisotopic (exact) mass is 580 g/mol. The van der Waals surface area contributed by atoms with Crippen LogP contribution in [0, 0.1) is 24.2 Å². The van der Waals surface area contributed by atoms with Crippen LogP contribution in [0.3, 0.4) is 0 Å². The quantitative estimate of drug-likeness (QED) is 0.456. The Bertz CT molecular complexity index is 1460. The molecule has 2 aromatic heterocycles. The van der Waals surface area contributed by atoms with Gasteiger partial charge in [0.1, 0.15) is 16.4 Å². The Balaban J connectivity index is 0.000000219. The van der Waals surface area contributed by atoms with E-state index in [1.807, 2.05) is 25.3 Å². The number of amides is 1. The highest BCUT2D eigenvalue weighted by atomic mass is 32.2. The average Bonchev–Trinajstić information content (AvgIpc) is 3.57. The van der Waals surface area contributed by atoms with Crippen LogP contribution < -0.4 is 10.2 Å². The van der Waals surface area contributed by atoms with Crippen molar-refractivity contribution in [3.8, 4) is 27.1 Å². The van der Waals surface area contributed by atoms with E-state index in [1.165, 1.54) is 6.42 Å². The summed E-state index contributed by atoms with van der Waals surface area (Å²) >= 11 is 1.60. The summed E-state index contributed by atoms with van der Waals surface area (Å²) in [5, 5.41) is 12.6. The molecule has 1 amide bonds. The number of hydrogen-bond donors (Lipinski definition) is 1. The second-order valence-corrected chi connectivity index (χ2v) is 14.1. The summed E-state index contributed by atoms with van der Waals surface area (Å²) in [6.07, 6.45) is 12.7. The first-order valence-electron chi connectivity index (χ1n) is 13.8. The number of benzene rings is 1. The molecule has 212 valence electrons. The van der Waals surface area contributed by atoms with E-state index in [1.54, 1.807) is 23.7 Å². The maximum atomic E-state index is 11.8. The Hall–Kier alpha value is -3.36. The number of anilines is 1. The number of carbonyl (C=O) groups is 1. The molecule has 2 saturated carbocycles. The molecule has 1 saturated heterocycles. The minimum atomic E-state index is -2.86. The van der Waals surface area contributed by atoms with Crippen molar-refractivity contribution in [2.75, 3.05) is 29.5 Å². The Morgan fingerprint density at radius 3 is 2.27 bits per heavy atom. The molecule has 1 N–H and O–H groups in total. The minimum absolute atomic E-state index is 0. The molecule has 3 heterocycles. The van der Waals surface area contributed by atoms with Crippen LogP contribution in [0.25, 0.3) is 21.0 Å². The first kappa shape index (κ1) is 28.2. The first-order valence-corrected chi connectivity index (χ1v) is 16.4. The molecule has 0 spiro atoms. The van der Waals surface area contributed by atoms with E-state index >= 15 is 0 Å². The molecular weight excluding hydrogens is 544 g/mol. The average molecular weight is 581 g/mol. The fourth-order valence-corrected chi connectivity index (χ4v) is 7.04. The van der Waals surface area contributed by atoms with Crippen LogP contribution in [-0.2, 0) is 14.6 Å². The molecule has 1 aliphatic heterocycles. The number of sulfone groups is 1. The number of hydrogen-bond acceptors (Lipinski definition) is 9. The molecule has 40 heavy (non-hydrogen) atoms. The molecule has 2 aliphatic carbocycles. The van der Waals surface area contributed by atoms with E-state index in [0.717, 1.165) is 71.0 Å². The number of carbonyl (C=O) groups excluding carboxylic acids is 1. The van der Waals surface area contributed by atoms with Gasteiger partial charge in [-0.15, -0.1) is 11.3 Å². The van der Waals surface area contributed by atoms with E-state index in [0.29, 0.717) is 13.1 Å². The normalized spacial score (nSPS) is 19.6. The lowest BCUT2D eigenvalue weighted by molar-refractivity contribution is -0.126. The smallest absolute Gasteiger partial charge is 0.224 e. The zero-order valence-corrected chi connectivity index (χ0v) is 24.3. The molecule has 1 aromatic carbocycles. The van der Waals surface area contributed by atoms with Crippen LogP contribution >= 0.6 is 11.3 Å². The number of nitriles is 1. The maximum Gasteiger partial charge on any atom is 0.224 e. The van der Waals surface area contributed by atoms with Crippen LogP contribution in [-0.4, -0.2) is 59.4 Å². The predicted molar refractivity (Wildman–Crippen MR) is 159 cm³/mol. The van der Waals surface area contributed by atoms with Gasteiger partial charge in [0.05, 0.1) is 22.5 Å². The van der Waals surface area contributed by atoms with Gasteiger partial charge in [-0.2, -0.15) is 5.26 Å². The molecule has 3 fully saturated rings. The van der Waals surface area contributed by atoms with Crippen molar-refractivity contribution < 1.29 is 14.6 Å². The Morgan fingerprint density at radius 1 is 1.02 bits per heavy atom. The van der Waals surface area contributed by atoms with Crippen LogP contribution in [0.5, 0.6) is 0 Å². The highest BCUT2D eigenvalue weighted by Crippen LogP contribution is 2.36. The lowest BCUT2D eigenvalue weighted by Crippen LogP contribution is -2.40. The van der Waals surface area contributed by atoms with Gasteiger partial charge in [-0.3, -0.25) is 4.79 Å². The van der Waals surface area contributed by atoms with Gasteiger partial charge in [0.15, 0.2) is 9.84 Å². The van der Waals surface area contributed by atoms with E-state index in [2.05, 4.69) is 43.4 Å². The summed E-state index contributed by atoms with van der Waals surface area (Å²) in [5.41, 5.74) is 2.59. The fraction of sp³-hybridized carbons (Fsp3) is 0.483. The zero-order valence-electron chi connectivity index (χ0n) is 22.7. The second kappa shape index (κ2) is 12.0. The summed E-state index contributed by atoms with van der Waals surface area (Å²) in [5.74, 6) is 1.49. The molecule has 0 unspecified atom stereocenters. The topological polar surface area (TPSA) is 129 Å². The molecule has 0 atom stereocenters.